The number of ether oxygens (including phenoxy) is 4. The molecule has 1 fully saturated rings. The zero-order valence-electron chi connectivity index (χ0n) is 19.5. The second-order valence-corrected chi connectivity index (χ2v) is 7.63. The first-order valence-electron chi connectivity index (χ1n) is 10.5. The molecule has 1 saturated heterocycles. The Kier molecular flexibility index (Phi) is 7.60. The van der Waals surface area contributed by atoms with Gasteiger partial charge in [0.15, 0.2) is 11.5 Å². The summed E-state index contributed by atoms with van der Waals surface area (Å²) in [4.78, 5) is 27.6. The number of aryl methyl sites for hydroxylation is 1. The fourth-order valence-electron chi connectivity index (χ4n) is 4.03. The quantitative estimate of drug-likeness (QED) is 0.268. The standard InChI is InChI=1S/C25H29NO7/c1-15-13-17(31-3)8-9-18(15)23(27)21-22(16-7-10-19(32-4)20(14-16)33-5)26(11-6-12-30-2)25(29)24(21)28/h7-10,13-14,22,27H,6,11-12H2,1-5H3/t22-/m1/s1. The van der Waals surface area contributed by atoms with Gasteiger partial charge in [0.2, 0.25) is 0 Å². The van der Waals surface area contributed by atoms with Crippen LogP contribution in [0.15, 0.2) is 42.0 Å². The molecule has 1 aliphatic rings. The zero-order chi connectivity index (χ0) is 24.1. The molecule has 0 saturated carbocycles. The monoisotopic (exact) mass is 455 g/mol. The van der Waals surface area contributed by atoms with Gasteiger partial charge in [-0.25, -0.2) is 0 Å². The maximum atomic E-state index is 13.1. The van der Waals surface area contributed by atoms with Crippen molar-refractivity contribution in [1.82, 2.24) is 4.90 Å². The van der Waals surface area contributed by atoms with Crippen LogP contribution < -0.4 is 14.2 Å². The first kappa shape index (κ1) is 24.1. The number of hydrogen-bond acceptors (Lipinski definition) is 7. The lowest BCUT2D eigenvalue weighted by Crippen LogP contribution is -2.31. The average molecular weight is 456 g/mol. The van der Waals surface area contributed by atoms with E-state index in [-0.39, 0.29) is 17.9 Å². The van der Waals surface area contributed by atoms with Gasteiger partial charge in [-0.3, -0.25) is 9.59 Å². The SMILES string of the molecule is COCCCN1C(=O)C(=O)C(=C(O)c2ccc(OC)cc2C)[C@H]1c1ccc(OC)c(OC)c1. The predicted molar refractivity (Wildman–Crippen MR) is 123 cm³/mol. The molecule has 0 bridgehead atoms. The van der Waals surface area contributed by atoms with Gasteiger partial charge in [0, 0.05) is 25.8 Å². The Bertz CT molecular complexity index is 1080. The van der Waals surface area contributed by atoms with Gasteiger partial charge in [-0.15, -0.1) is 0 Å². The zero-order valence-corrected chi connectivity index (χ0v) is 19.5. The van der Waals surface area contributed by atoms with Gasteiger partial charge in [-0.2, -0.15) is 0 Å². The highest BCUT2D eigenvalue weighted by Crippen LogP contribution is 2.42. The second kappa shape index (κ2) is 10.4. The Labute approximate surface area is 193 Å². The molecule has 33 heavy (non-hydrogen) atoms. The molecule has 2 aromatic rings. The molecule has 3 rings (SSSR count). The van der Waals surface area contributed by atoms with Crippen LogP contribution in [0, 0.1) is 6.92 Å². The Morgan fingerprint density at radius 2 is 1.70 bits per heavy atom. The highest BCUT2D eigenvalue weighted by molar-refractivity contribution is 6.46. The third-order valence-electron chi connectivity index (χ3n) is 5.70. The van der Waals surface area contributed by atoms with Gasteiger partial charge >= 0.3 is 0 Å². The number of nitrogens with zero attached hydrogens (tertiary/aromatic N) is 1. The van der Waals surface area contributed by atoms with Crippen molar-refractivity contribution in [2.45, 2.75) is 19.4 Å². The summed E-state index contributed by atoms with van der Waals surface area (Å²) >= 11 is 0. The number of hydrogen-bond donors (Lipinski definition) is 1. The minimum atomic E-state index is -0.789. The van der Waals surface area contributed by atoms with Crippen LogP contribution in [0.4, 0.5) is 0 Å². The molecule has 1 amide bonds. The fourth-order valence-corrected chi connectivity index (χ4v) is 4.03. The first-order valence-corrected chi connectivity index (χ1v) is 10.5. The van der Waals surface area contributed by atoms with Gasteiger partial charge in [-0.05, 0) is 54.8 Å². The number of benzene rings is 2. The normalized spacial score (nSPS) is 17.4. The number of Topliss-reactive ketones (excluding diaryl/α,β-unsaturated/α-hetero) is 1. The molecule has 0 aliphatic carbocycles. The molecule has 8 heteroatoms. The summed E-state index contributed by atoms with van der Waals surface area (Å²) in [5.74, 6) is -0.0387. The largest absolute Gasteiger partial charge is 0.507 e. The van der Waals surface area contributed by atoms with Crippen molar-refractivity contribution in [3.05, 3.63) is 58.7 Å². The van der Waals surface area contributed by atoms with Crippen molar-refractivity contribution in [3.8, 4) is 17.2 Å². The Morgan fingerprint density at radius 3 is 2.30 bits per heavy atom. The number of ketones is 1. The van der Waals surface area contributed by atoms with Crippen molar-refractivity contribution >= 4 is 17.4 Å². The van der Waals surface area contributed by atoms with E-state index in [1.165, 1.54) is 19.1 Å². The minimum Gasteiger partial charge on any atom is -0.507 e. The number of aliphatic hydroxyl groups excluding tert-OH is 1. The van der Waals surface area contributed by atoms with E-state index >= 15 is 0 Å². The molecule has 2 aromatic carbocycles. The van der Waals surface area contributed by atoms with Crippen molar-refractivity contribution in [3.63, 3.8) is 0 Å². The summed E-state index contributed by atoms with van der Waals surface area (Å²) in [6, 6.07) is 9.53. The second-order valence-electron chi connectivity index (χ2n) is 7.63. The lowest BCUT2D eigenvalue weighted by Gasteiger charge is -2.26. The van der Waals surface area contributed by atoms with E-state index in [0.717, 1.165) is 0 Å². The van der Waals surface area contributed by atoms with Crippen LogP contribution in [0.2, 0.25) is 0 Å². The molecule has 0 aromatic heterocycles. The summed E-state index contributed by atoms with van der Waals surface area (Å²) in [5.41, 5.74) is 1.81. The lowest BCUT2D eigenvalue weighted by atomic mass is 9.93. The van der Waals surface area contributed by atoms with Crippen LogP contribution in [-0.2, 0) is 14.3 Å². The summed E-state index contributed by atoms with van der Waals surface area (Å²) in [7, 11) is 6.17. The summed E-state index contributed by atoms with van der Waals surface area (Å²) in [5, 5.41) is 11.3. The van der Waals surface area contributed by atoms with Gasteiger partial charge < -0.3 is 29.0 Å². The lowest BCUT2D eigenvalue weighted by molar-refractivity contribution is -0.140. The maximum Gasteiger partial charge on any atom is 0.295 e. The Hall–Kier alpha value is -3.52. The number of rotatable bonds is 9. The topological polar surface area (TPSA) is 94.5 Å². The molecular formula is C25H29NO7. The molecule has 1 N–H and O–H groups in total. The number of methoxy groups -OCH3 is 4. The number of amides is 1. The summed E-state index contributed by atoms with van der Waals surface area (Å²) in [6.07, 6.45) is 0.537. The highest BCUT2D eigenvalue weighted by atomic mass is 16.5. The van der Waals surface area contributed by atoms with E-state index in [1.54, 1.807) is 57.5 Å². The van der Waals surface area contributed by atoms with Gasteiger partial charge in [0.05, 0.1) is 32.9 Å². The van der Waals surface area contributed by atoms with Crippen LogP contribution in [0.1, 0.15) is 29.2 Å². The van der Waals surface area contributed by atoms with Gasteiger partial charge in [-0.1, -0.05) is 6.07 Å². The molecular weight excluding hydrogens is 426 g/mol. The Morgan fingerprint density at radius 1 is 0.970 bits per heavy atom. The smallest absolute Gasteiger partial charge is 0.295 e. The predicted octanol–water partition coefficient (Wildman–Crippen LogP) is 3.48. The number of aliphatic hydroxyl groups is 1. The van der Waals surface area contributed by atoms with E-state index in [0.29, 0.717) is 47.0 Å². The first-order chi connectivity index (χ1) is 15.9. The molecule has 0 radical (unpaired) electrons. The van der Waals surface area contributed by atoms with E-state index in [2.05, 4.69) is 0 Å². The highest BCUT2D eigenvalue weighted by Gasteiger charge is 2.46. The number of carbonyl (C=O) groups is 2. The van der Waals surface area contributed by atoms with Gasteiger partial charge in [0.1, 0.15) is 11.5 Å². The molecule has 0 unspecified atom stereocenters. The fraction of sp³-hybridized carbons (Fsp3) is 0.360. The van der Waals surface area contributed by atoms with E-state index < -0.39 is 17.7 Å². The maximum absolute atomic E-state index is 13.1. The van der Waals surface area contributed by atoms with Gasteiger partial charge in [0.25, 0.3) is 11.7 Å². The van der Waals surface area contributed by atoms with E-state index in [4.69, 9.17) is 18.9 Å². The van der Waals surface area contributed by atoms with Crippen LogP contribution >= 0.6 is 0 Å². The third kappa shape index (κ3) is 4.66. The summed E-state index contributed by atoms with van der Waals surface area (Å²) in [6.45, 7) is 2.52. The van der Waals surface area contributed by atoms with Crippen LogP contribution in [0.3, 0.4) is 0 Å². The molecule has 1 atom stereocenters. The van der Waals surface area contributed by atoms with Crippen molar-refractivity contribution in [2.24, 2.45) is 0 Å². The third-order valence-corrected chi connectivity index (χ3v) is 5.70. The molecule has 1 aliphatic heterocycles. The van der Waals surface area contributed by atoms with E-state index in [9.17, 15) is 14.7 Å². The van der Waals surface area contributed by atoms with Crippen molar-refractivity contribution in [1.29, 1.82) is 0 Å². The van der Waals surface area contributed by atoms with E-state index in [1.807, 2.05) is 0 Å². The number of likely N-dealkylation sites (tertiary alicyclic amines) is 1. The summed E-state index contributed by atoms with van der Waals surface area (Å²) < 4.78 is 21.1. The average Bonchev–Trinajstić information content (AvgIpc) is 3.08. The van der Waals surface area contributed by atoms with Crippen molar-refractivity contribution < 1.29 is 33.6 Å². The molecule has 0 spiro atoms. The number of carbonyl (C=O) groups excluding carboxylic acids is 2. The molecule has 1 heterocycles. The minimum absolute atomic E-state index is 0.0258. The van der Waals surface area contributed by atoms with Crippen molar-refractivity contribution in [2.75, 3.05) is 41.6 Å². The van der Waals surface area contributed by atoms with Crippen LogP contribution in [0.25, 0.3) is 5.76 Å². The van der Waals surface area contributed by atoms with Crippen LogP contribution in [-0.4, -0.2) is 63.3 Å². The Balaban J connectivity index is 2.18. The molecule has 8 nitrogen and oxygen atoms in total. The molecule has 176 valence electrons. The van der Waals surface area contributed by atoms with Crippen LogP contribution in [0.5, 0.6) is 17.2 Å².